The second kappa shape index (κ2) is 7.00. The van der Waals surface area contributed by atoms with Crippen molar-refractivity contribution in [2.75, 3.05) is 5.32 Å². The van der Waals surface area contributed by atoms with Crippen molar-refractivity contribution in [3.05, 3.63) is 29.8 Å². The van der Waals surface area contributed by atoms with Gasteiger partial charge >= 0.3 is 5.97 Å². The molecule has 1 atom stereocenters. The number of esters is 1. The van der Waals surface area contributed by atoms with E-state index in [4.69, 9.17) is 28.0 Å². The molecule has 1 aromatic rings. The zero-order valence-corrected chi connectivity index (χ0v) is 13.4. The van der Waals surface area contributed by atoms with Crippen LogP contribution in [0.1, 0.15) is 31.1 Å². The van der Waals surface area contributed by atoms with E-state index in [1.54, 1.807) is 51.1 Å². The third-order valence-electron chi connectivity index (χ3n) is 2.46. The summed E-state index contributed by atoms with van der Waals surface area (Å²) in [5, 5.41) is 11.6. The van der Waals surface area contributed by atoms with Crippen LogP contribution in [-0.4, -0.2) is 22.5 Å². The zero-order valence-electron chi connectivity index (χ0n) is 12.5. The van der Waals surface area contributed by atoms with Crippen molar-refractivity contribution in [3.8, 4) is 6.07 Å². The van der Waals surface area contributed by atoms with Crippen molar-refractivity contribution >= 4 is 34.8 Å². The number of carbonyl (C=O) groups is 2. The lowest BCUT2D eigenvalue weighted by atomic mass is 10.1. The molecule has 0 saturated carbocycles. The van der Waals surface area contributed by atoms with Gasteiger partial charge in [-0.05, 0) is 45.0 Å². The third kappa shape index (κ3) is 5.14. The summed E-state index contributed by atoms with van der Waals surface area (Å²) in [4.78, 5) is 22.9. The molecule has 0 radical (unpaired) electrons. The summed E-state index contributed by atoms with van der Waals surface area (Å²) in [5.41, 5.74) is 5.43. The highest BCUT2D eigenvalue weighted by Gasteiger charge is 2.21. The first-order chi connectivity index (χ1) is 10.1. The summed E-state index contributed by atoms with van der Waals surface area (Å²) in [5.74, 6) is -2.44. The maximum absolute atomic E-state index is 11.9. The van der Waals surface area contributed by atoms with Crippen molar-refractivity contribution in [1.29, 1.82) is 5.26 Å². The standard InChI is InChI=1S/C15H17N3O3S/c1-15(2,3)21-14(20)9-4-6-10(7-5-9)18-13(22)11(8-16)12(17)19/h4-7,11H,1-3H3,(H2,17,19)(H,18,22). The van der Waals surface area contributed by atoms with E-state index in [2.05, 4.69) is 5.32 Å². The Kier molecular flexibility index (Phi) is 5.60. The van der Waals surface area contributed by atoms with E-state index in [-0.39, 0.29) is 4.99 Å². The Balaban J connectivity index is 2.78. The first-order valence-electron chi connectivity index (χ1n) is 6.47. The van der Waals surface area contributed by atoms with Gasteiger partial charge in [-0.3, -0.25) is 4.79 Å². The fourth-order valence-corrected chi connectivity index (χ4v) is 1.78. The van der Waals surface area contributed by atoms with Gasteiger partial charge in [-0.25, -0.2) is 4.79 Å². The summed E-state index contributed by atoms with van der Waals surface area (Å²) in [6.45, 7) is 5.35. The van der Waals surface area contributed by atoms with Crippen LogP contribution in [0.5, 0.6) is 0 Å². The van der Waals surface area contributed by atoms with Gasteiger partial charge in [0.25, 0.3) is 0 Å². The number of nitrogens with zero attached hydrogens (tertiary/aromatic N) is 1. The number of ether oxygens (including phenoxy) is 1. The maximum Gasteiger partial charge on any atom is 0.338 e. The number of rotatable bonds is 4. The van der Waals surface area contributed by atoms with Gasteiger partial charge in [-0.2, -0.15) is 5.26 Å². The van der Waals surface area contributed by atoms with Crippen molar-refractivity contribution in [2.45, 2.75) is 26.4 Å². The molecule has 0 spiro atoms. The summed E-state index contributed by atoms with van der Waals surface area (Å²) >= 11 is 4.96. The molecule has 1 aromatic carbocycles. The summed E-state index contributed by atoms with van der Waals surface area (Å²) in [7, 11) is 0. The first-order valence-corrected chi connectivity index (χ1v) is 6.88. The van der Waals surface area contributed by atoms with E-state index in [1.807, 2.05) is 0 Å². The van der Waals surface area contributed by atoms with Crippen molar-refractivity contribution in [2.24, 2.45) is 11.7 Å². The molecular weight excluding hydrogens is 302 g/mol. The average molecular weight is 319 g/mol. The third-order valence-corrected chi connectivity index (χ3v) is 2.80. The molecule has 0 heterocycles. The molecule has 0 aromatic heterocycles. The van der Waals surface area contributed by atoms with Crippen molar-refractivity contribution in [1.82, 2.24) is 0 Å². The highest BCUT2D eigenvalue weighted by molar-refractivity contribution is 7.80. The molecule has 1 rings (SSSR count). The fourth-order valence-electron chi connectivity index (χ4n) is 1.49. The lowest BCUT2D eigenvalue weighted by Gasteiger charge is -2.19. The molecule has 0 aliphatic heterocycles. The molecule has 116 valence electrons. The van der Waals surface area contributed by atoms with Crippen molar-refractivity contribution in [3.63, 3.8) is 0 Å². The van der Waals surface area contributed by atoms with E-state index in [1.165, 1.54) is 0 Å². The largest absolute Gasteiger partial charge is 0.456 e. The lowest BCUT2D eigenvalue weighted by molar-refractivity contribution is -0.118. The Morgan fingerprint density at radius 3 is 2.27 bits per heavy atom. The molecule has 1 unspecified atom stereocenters. The normalized spacial score (nSPS) is 11.9. The van der Waals surface area contributed by atoms with Gasteiger partial charge in [0.2, 0.25) is 5.91 Å². The zero-order chi connectivity index (χ0) is 16.9. The van der Waals surface area contributed by atoms with Crippen LogP contribution >= 0.6 is 12.2 Å². The molecule has 6 nitrogen and oxygen atoms in total. The molecule has 22 heavy (non-hydrogen) atoms. The van der Waals surface area contributed by atoms with E-state index >= 15 is 0 Å². The van der Waals surface area contributed by atoms with Gasteiger partial charge < -0.3 is 15.8 Å². The van der Waals surface area contributed by atoms with Crippen LogP contribution in [0, 0.1) is 17.2 Å². The van der Waals surface area contributed by atoms with Gasteiger partial charge in [0, 0.05) is 5.69 Å². The number of nitriles is 1. The number of thiocarbonyl (C=S) groups is 1. The van der Waals surface area contributed by atoms with Crippen LogP contribution < -0.4 is 11.1 Å². The van der Waals surface area contributed by atoms with Crippen LogP contribution in [0.15, 0.2) is 24.3 Å². The smallest absolute Gasteiger partial charge is 0.338 e. The van der Waals surface area contributed by atoms with Gasteiger partial charge in [0.1, 0.15) is 10.6 Å². The highest BCUT2D eigenvalue weighted by atomic mass is 32.1. The van der Waals surface area contributed by atoms with Gasteiger partial charge in [-0.15, -0.1) is 0 Å². The number of primary amides is 1. The molecule has 0 aliphatic rings. The van der Waals surface area contributed by atoms with Crippen molar-refractivity contribution < 1.29 is 14.3 Å². The second-order valence-corrected chi connectivity index (χ2v) is 5.97. The summed E-state index contributed by atoms with van der Waals surface area (Å²) < 4.78 is 5.24. The quantitative estimate of drug-likeness (QED) is 0.649. The Bertz CT molecular complexity index is 627. The predicted molar refractivity (Wildman–Crippen MR) is 86.1 cm³/mol. The van der Waals surface area contributed by atoms with Crippen LogP contribution in [0.25, 0.3) is 0 Å². The molecule has 0 aliphatic carbocycles. The number of carbonyl (C=O) groups excluding carboxylic acids is 2. The van der Waals surface area contributed by atoms with Gasteiger partial charge in [0.15, 0.2) is 5.92 Å². The van der Waals surface area contributed by atoms with Crippen LogP contribution in [0.4, 0.5) is 5.69 Å². The monoisotopic (exact) mass is 319 g/mol. The minimum atomic E-state index is -1.19. The Morgan fingerprint density at radius 1 is 1.32 bits per heavy atom. The lowest BCUT2D eigenvalue weighted by Crippen LogP contribution is -2.32. The minimum absolute atomic E-state index is 0.0139. The molecule has 0 bridgehead atoms. The SMILES string of the molecule is CC(C)(C)OC(=O)c1ccc(NC(=S)C(C#N)C(N)=O)cc1. The Hall–Kier alpha value is -2.46. The first kappa shape index (κ1) is 17.6. The van der Waals surface area contributed by atoms with E-state index in [0.717, 1.165) is 0 Å². The van der Waals surface area contributed by atoms with E-state index < -0.39 is 23.4 Å². The fraction of sp³-hybridized carbons (Fsp3) is 0.333. The topological polar surface area (TPSA) is 105 Å². The number of benzene rings is 1. The number of anilines is 1. The molecule has 0 saturated heterocycles. The van der Waals surface area contributed by atoms with Gasteiger partial charge in [-0.1, -0.05) is 12.2 Å². The minimum Gasteiger partial charge on any atom is -0.456 e. The van der Waals surface area contributed by atoms with Gasteiger partial charge in [0.05, 0.1) is 11.6 Å². The highest BCUT2D eigenvalue weighted by Crippen LogP contribution is 2.15. The maximum atomic E-state index is 11.9. The number of hydrogen-bond acceptors (Lipinski definition) is 5. The van der Waals surface area contributed by atoms with Crippen LogP contribution in [0.3, 0.4) is 0 Å². The summed E-state index contributed by atoms with van der Waals surface area (Å²) in [6, 6.07) is 8.04. The molecule has 7 heteroatoms. The van der Waals surface area contributed by atoms with E-state index in [9.17, 15) is 9.59 Å². The van der Waals surface area contributed by atoms with Crippen LogP contribution in [0.2, 0.25) is 0 Å². The number of nitrogens with one attached hydrogen (secondary N) is 1. The van der Waals surface area contributed by atoms with E-state index in [0.29, 0.717) is 11.3 Å². The molecular formula is C15H17N3O3S. The Morgan fingerprint density at radius 2 is 1.86 bits per heavy atom. The Labute approximate surface area is 134 Å². The summed E-state index contributed by atoms with van der Waals surface area (Å²) in [6.07, 6.45) is 0. The predicted octanol–water partition coefficient (Wildman–Crippen LogP) is 2.01. The molecule has 3 N–H and O–H groups in total. The second-order valence-electron chi connectivity index (χ2n) is 5.53. The van der Waals surface area contributed by atoms with Crippen LogP contribution in [-0.2, 0) is 9.53 Å². The molecule has 1 amide bonds. The average Bonchev–Trinajstić information content (AvgIpc) is 2.37. The number of hydrogen-bond donors (Lipinski definition) is 2. The molecule has 0 fully saturated rings. The number of amides is 1. The number of nitrogens with two attached hydrogens (primary N) is 1.